The minimum Gasteiger partial charge on any atom is -0.618 e. The third-order valence-corrected chi connectivity index (χ3v) is 5.45. The Hall–Kier alpha value is -3.89. The van der Waals surface area contributed by atoms with Gasteiger partial charge in [-0.1, -0.05) is 18.2 Å². The number of hydrogen-bond donors (Lipinski definition) is 2. The van der Waals surface area contributed by atoms with Crippen LogP contribution < -0.4 is 20.9 Å². The second-order valence-electron chi connectivity index (χ2n) is 7.61. The van der Waals surface area contributed by atoms with Crippen molar-refractivity contribution in [3.63, 3.8) is 0 Å². The minimum absolute atomic E-state index is 0.0548. The third kappa shape index (κ3) is 4.52. The molecule has 0 spiro atoms. The Morgan fingerprint density at radius 1 is 1.24 bits per heavy atom. The lowest BCUT2D eigenvalue weighted by Gasteiger charge is -2.18. The molecule has 0 fully saturated rings. The van der Waals surface area contributed by atoms with E-state index >= 15 is 0 Å². The number of carbonyl (C=O) groups excluding carboxylic acids is 1. The number of pyridine rings is 1. The highest BCUT2D eigenvalue weighted by Gasteiger charge is 2.40. The van der Waals surface area contributed by atoms with Gasteiger partial charge in [-0.3, -0.25) is 14.2 Å². The molecule has 2 N–H and O–H groups in total. The first kappa shape index (κ1) is 22.3. The Labute approximate surface area is 186 Å². The Morgan fingerprint density at radius 3 is 2.76 bits per heavy atom. The predicted molar refractivity (Wildman–Crippen MR) is 112 cm³/mol. The summed E-state index contributed by atoms with van der Waals surface area (Å²) in [5.74, 6) is -4.88. The number of nitrogens with one attached hydrogen (secondary N) is 2. The van der Waals surface area contributed by atoms with Crippen LogP contribution in [0.5, 0.6) is 0 Å². The molecule has 0 aliphatic carbocycles. The van der Waals surface area contributed by atoms with Crippen LogP contribution >= 0.6 is 0 Å². The van der Waals surface area contributed by atoms with Gasteiger partial charge in [0.1, 0.15) is 11.9 Å². The standard InChI is InChI=1S/C22H20F3N5O3/c23-16-6-2-1-5-14(16)11-27-20(31)17-9-8-15-12-26-19(21(32)30(15)17)28-13-22(24,25)18-7-3-4-10-29(18)33/h1-7,10,12,17H,8-9,11,13H2,(H,26,28)(H,27,31)/t17-/m1/s1. The Morgan fingerprint density at radius 2 is 2.00 bits per heavy atom. The van der Waals surface area contributed by atoms with E-state index in [1.165, 1.54) is 41.1 Å². The van der Waals surface area contributed by atoms with Crippen LogP contribution in [0.4, 0.5) is 19.0 Å². The van der Waals surface area contributed by atoms with Gasteiger partial charge in [0.15, 0.2) is 12.0 Å². The van der Waals surface area contributed by atoms with Crippen LogP contribution in [0.1, 0.15) is 29.4 Å². The number of nitrogens with zero attached hydrogens (tertiary/aromatic N) is 3. The molecule has 1 aliphatic rings. The number of anilines is 1. The monoisotopic (exact) mass is 459 g/mol. The summed E-state index contributed by atoms with van der Waals surface area (Å²) in [7, 11) is 0. The number of alkyl halides is 2. The smallest absolute Gasteiger partial charge is 0.347 e. The van der Waals surface area contributed by atoms with Gasteiger partial charge >= 0.3 is 5.92 Å². The van der Waals surface area contributed by atoms with E-state index in [1.54, 1.807) is 6.07 Å². The fraction of sp³-hybridized carbons (Fsp3) is 0.273. The highest BCUT2D eigenvalue weighted by molar-refractivity contribution is 5.81. The molecule has 0 bridgehead atoms. The van der Waals surface area contributed by atoms with E-state index in [0.717, 1.165) is 12.3 Å². The maximum Gasteiger partial charge on any atom is 0.347 e. The fourth-order valence-electron chi connectivity index (χ4n) is 3.75. The SMILES string of the molecule is O=C(NCc1ccccc1F)[C@H]1CCc2cnc(NCC(F)(F)c3cccc[n+]3[O-])c(=O)n21. The maximum atomic E-state index is 14.5. The number of aromatic nitrogens is 3. The first-order valence-corrected chi connectivity index (χ1v) is 10.2. The quantitative estimate of drug-likeness (QED) is 0.416. The molecule has 172 valence electrons. The number of rotatable bonds is 7. The van der Waals surface area contributed by atoms with Crippen LogP contribution in [0.25, 0.3) is 0 Å². The summed E-state index contributed by atoms with van der Waals surface area (Å²) >= 11 is 0. The molecule has 33 heavy (non-hydrogen) atoms. The lowest BCUT2D eigenvalue weighted by Crippen LogP contribution is -2.42. The van der Waals surface area contributed by atoms with Crippen LogP contribution in [0.15, 0.2) is 59.7 Å². The molecule has 11 heteroatoms. The van der Waals surface area contributed by atoms with Gasteiger partial charge < -0.3 is 15.8 Å². The van der Waals surface area contributed by atoms with Gasteiger partial charge in [-0.15, -0.1) is 0 Å². The van der Waals surface area contributed by atoms with E-state index in [2.05, 4.69) is 15.6 Å². The van der Waals surface area contributed by atoms with Crippen LogP contribution in [-0.4, -0.2) is 22.0 Å². The number of halogens is 3. The van der Waals surface area contributed by atoms with Crippen LogP contribution in [0.2, 0.25) is 0 Å². The van der Waals surface area contributed by atoms with Gasteiger partial charge in [-0.05, 0) is 25.0 Å². The summed E-state index contributed by atoms with van der Waals surface area (Å²) in [6.07, 6.45) is 3.02. The van der Waals surface area contributed by atoms with Crippen molar-refractivity contribution in [2.45, 2.75) is 31.4 Å². The third-order valence-electron chi connectivity index (χ3n) is 5.45. The highest BCUT2D eigenvalue weighted by Crippen LogP contribution is 2.26. The average Bonchev–Trinajstić information content (AvgIpc) is 3.23. The zero-order valence-electron chi connectivity index (χ0n) is 17.3. The van der Waals surface area contributed by atoms with Crippen molar-refractivity contribution in [3.05, 3.63) is 93.2 Å². The summed E-state index contributed by atoms with van der Waals surface area (Å²) in [6.45, 7) is -1.09. The van der Waals surface area contributed by atoms with Gasteiger partial charge in [0.25, 0.3) is 11.3 Å². The molecule has 0 saturated heterocycles. The van der Waals surface area contributed by atoms with Gasteiger partial charge in [0.05, 0.1) is 6.54 Å². The van der Waals surface area contributed by atoms with Crippen LogP contribution in [0, 0.1) is 11.0 Å². The molecular formula is C22H20F3N5O3. The molecule has 3 heterocycles. The van der Waals surface area contributed by atoms with Gasteiger partial charge in [0, 0.05) is 36.1 Å². The second kappa shape index (κ2) is 8.93. The van der Waals surface area contributed by atoms with Crippen molar-refractivity contribution in [1.29, 1.82) is 0 Å². The Kier molecular flexibility index (Phi) is 6.03. The van der Waals surface area contributed by atoms with Crippen molar-refractivity contribution < 1.29 is 22.7 Å². The summed E-state index contributed by atoms with van der Waals surface area (Å²) in [4.78, 5) is 29.5. The van der Waals surface area contributed by atoms with Crippen molar-refractivity contribution in [1.82, 2.24) is 14.9 Å². The predicted octanol–water partition coefficient (Wildman–Crippen LogP) is 2.02. The number of aryl methyl sites for hydroxylation is 1. The highest BCUT2D eigenvalue weighted by atomic mass is 19.3. The maximum absolute atomic E-state index is 14.5. The van der Waals surface area contributed by atoms with E-state index in [-0.39, 0.29) is 17.1 Å². The number of carbonyl (C=O) groups is 1. The summed E-state index contributed by atoms with van der Waals surface area (Å²) < 4.78 is 44.0. The van der Waals surface area contributed by atoms with Crippen molar-refractivity contribution in [2.75, 3.05) is 11.9 Å². The van der Waals surface area contributed by atoms with E-state index in [9.17, 15) is 28.0 Å². The van der Waals surface area contributed by atoms with Crippen LogP contribution in [0.3, 0.4) is 0 Å². The molecule has 2 aromatic heterocycles. The van der Waals surface area contributed by atoms with Gasteiger partial charge in [-0.2, -0.15) is 13.5 Å². The van der Waals surface area contributed by atoms with Crippen LogP contribution in [-0.2, 0) is 23.7 Å². The number of benzene rings is 1. The second-order valence-corrected chi connectivity index (χ2v) is 7.61. The molecular weight excluding hydrogens is 439 g/mol. The molecule has 0 saturated carbocycles. The fourth-order valence-corrected chi connectivity index (χ4v) is 3.75. The first-order chi connectivity index (χ1) is 15.8. The molecule has 0 unspecified atom stereocenters. The van der Waals surface area contributed by atoms with E-state index in [1.807, 2.05) is 0 Å². The molecule has 8 nitrogen and oxygen atoms in total. The van der Waals surface area contributed by atoms with Crippen molar-refractivity contribution >= 4 is 11.7 Å². The van der Waals surface area contributed by atoms with Crippen molar-refractivity contribution in [2.24, 2.45) is 0 Å². The van der Waals surface area contributed by atoms with Crippen molar-refractivity contribution in [3.8, 4) is 0 Å². The Balaban J connectivity index is 1.50. The number of fused-ring (bicyclic) bond motifs is 1. The van der Waals surface area contributed by atoms with E-state index in [4.69, 9.17) is 0 Å². The van der Waals surface area contributed by atoms with Gasteiger partial charge in [-0.25, -0.2) is 9.37 Å². The minimum atomic E-state index is -3.57. The lowest BCUT2D eigenvalue weighted by molar-refractivity contribution is -0.624. The van der Waals surface area contributed by atoms with E-state index in [0.29, 0.717) is 24.1 Å². The molecule has 0 radical (unpaired) electrons. The first-order valence-electron chi connectivity index (χ1n) is 10.2. The van der Waals surface area contributed by atoms with Gasteiger partial charge in [0.2, 0.25) is 5.91 Å². The molecule has 1 amide bonds. The topological polar surface area (TPSA) is 103 Å². The molecule has 1 atom stereocenters. The molecule has 3 aromatic rings. The summed E-state index contributed by atoms with van der Waals surface area (Å²) in [5, 5.41) is 16.6. The van der Waals surface area contributed by atoms with E-state index < -0.39 is 41.5 Å². The average molecular weight is 459 g/mol. The Bertz CT molecular complexity index is 1250. The zero-order valence-corrected chi connectivity index (χ0v) is 17.3. The summed E-state index contributed by atoms with van der Waals surface area (Å²) in [5.41, 5.74) is -0.713. The lowest BCUT2D eigenvalue weighted by atomic mass is 10.1. The largest absolute Gasteiger partial charge is 0.618 e. The molecule has 1 aromatic carbocycles. The number of amides is 1. The summed E-state index contributed by atoms with van der Waals surface area (Å²) in [6, 6.07) is 8.75. The normalized spacial score (nSPS) is 15.2. The molecule has 4 rings (SSSR count). The zero-order chi connectivity index (χ0) is 23.6. The molecule has 1 aliphatic heterocycles. The number of hydrogen-bond acceptors (Lipinski definition) is 5.